The number of hydrogen-bond acceptors (Lipinski definition) is 4. The molecule has 23 heavy (non-hydrogen) atoms. The van der Waals surface area contributed by atoms with Crippen molar-refractivity contribution in [3.63, 3.8) is 0 Å². The van der Waals surface area contributed by atoms with E-state index < -0.39 is 0 Å². The minimum atomic E-state index is -0.217. The first kappa shape index (κ1) is 16.5. The van der Waals surface area contributed by atoms with Crippen LogP contribution in [0.1, 0.15) is 24.6 Å². The number of anilines is 2. The molecule has 0 aliphatic carbocycles. The molecule has 0 saturated carbocycles. The second kappa shape index (κ2) is 7.98. The first-order chi connectivity index (χ1) is 11.1. The molecule has 0 unspecified atom stereocenters. The van der Waals surface area contributed by atoms with Crippen LogP contribution in [0.4, 0.5) is 11.5 Å². The van der Waals surface area contributed by atoms with Crippen molar-refractivity contribution in [2.45, 2.75) is 20.3 Å². The zero-order valence-corrected chi connectivity index (χ0v) is 13.4. The average Bonchev–Trinajstić information content (AvgIpc) is 2.54. The number of benzene rings is 1. The van der Waals surface area contributed by atoms with Crippen molar-refractivity contribution in [3.8, 4) is 5.75 Å². The number of carbonyl (C=O) groups excluding carboxylic acids is 1. The van der Waals surface area contributed by atoms with E-state index in [9.17, 15) is 4.79 Å². The molecular formula is C18H21N3O2. The number of nitrogen functional groups attached to an aromatic ring is 1. The van der Waals surface area contributed by atoms with Crippen LogP contribution in [0, 0.1) is 6.92 Å². The van der Waals surface area contributed by atoms with Gasteiger partial charge in [0.1, 0.15) is 11.6 Å². The van der Waals surface area contributed by atoms with Crippen molar-refractivity contribution in [3.05, 3.63) is 53.7 Å². The third-order valence-electron chi connectivity index (χ3n) is 3.15. The molecule has 1 heterocycles. The molecule has 2 rings (SSSR count). The van der Waals surface area contributed by atoms with Gasteiger partial charge in [0, 0.05) is 6.08 Å². The van der Waals surface area contributed by atoms with Gasteiger partial charge in [-0.05, 0) is 49.2 Å². The summed E-state index contributed by atoms with van der Waals surface area (Å²) in [5.41, 5.74) is 7.85. The fourth-order valence-electron chi connectivity index (χ4n) is 1.95. The van der Waals surface area contributed by atoms with E-state index in [4.69, 9.17) is 10.5 Å². The zero-order valence-electron chi connectivity index (χ0n) is 13.4. The Bertz CT molecular complexity index is 694. The molecular weight excluding hydrogens is 290 g/mol. The van der Waals surface area contributed by atoms with E-state index in [1.165, 1.54) is 6.08 Å². The number of amides is 1. The number of rotatable bonds is 6. The summed E-state index contributed by atoms with van der Waals surface area (Å²) in [5.74, 6) is 1.05. The molecule has 0 bridgehead atoms. The maximum atomic E-state index is 11.9. The smallest absolute Gasteiger partial charge is 0.248 e. The highest BCUT2D eigenvalue weighted by atomic mass is 16.5. The molecule has 5 heteroatoms. The molecule has 5 nitrogen and oxygen atoms in total. The maximum absolute atomic E-state index is 11.9. The van der Waals surface area contributed by atoms with Gasteiger partial charge in [-0.2, -0.15) is 0 Å². The Morgan fingerprint density at radius 3 is 2.65 bits per heavy atom. The molecule has 3 N–H and O–H groups in total. The highest BCUT2D eigenvalue weighted by Crippen LogP contribution is 2.15. The second-order valence-electron chi connectivity index (χ2n) is 5.11. The number of hydrogen-bond donors (Lipinski definition) is 2. The molecule has 0 aliphatic rings. The van der Waals surface area contributed by atoms with Crippen molar-refractivity contribution >= 4 is 23.5 Å². The lowest BCUT2D eigenvalue weighted by atomic mass is 10.2. The Labute approximate surface area is 136 Å². The van der Waals surface area contributed by atoms with Gasteiger partial charge in [-0.15, -0.1) is 0 Å². The van der Waals surface area contributed by atoms with Crippen molar-refractivity contribution in [1.82, 2.24) is 4.98 Å². The third-order valence-corrected chi connectivity index (χ3v) is 3.15. The normalized spacial score (nSPS) is 10.7. The highest BCUT2D eigenvalue weighted by molar-refractivity contribution is 6.02. The minimum Gasteiger partial charge on any atom is -0.494 e. The van der Waals surface area contributed by atoms with E-state index in [1.807, 2.05) is 24.3 Å². The number of nitrogens with one attached hydrogen (secondary N) is 1. The van der Waals surface area contributed by atoms with Gasteiger partial charge in [0.25, 0.3) is 0 Å². The first-order valence-corrected chi connectivity index (χ1v) is 7.53. The summed E-state index contributed by atoms with van der Waals surface area (Å²) in [6.45, 7) is 4.56. The fourth-order valence-corrected chi connectivity index (χ4v) is 1.95. The van der Waals surface area contributed by atoms with E-state index >= 15 is 0 Å². The van der Waals surface area contributed by atoms with Crippen LogP contribution >= 0.6 is 0 Å². The van der Waals surface area contributed by atoms with Gasteiger partial charge in [-0.3, -0.25) is 4.79 Å². The largest absolute Gasteiger partial charge is 0.494 e. The van der Waals surface area contributed by atoms with Gasteiger partial charge in [0.2, 0.25) is 5.91 Å². The summed E-state index contributed by atoms with van der Waals surface area (Å²) in [6, 6.07) is 11.0. The number of ether oxygens (including phenoxy) is 1. The van der Waals surface area contributed by atoms with Crippen LogP contribution in [-0.2, 0) is 4.79 Å². The number of aromatic nitrogens is 1. The fraction of sp³-hybridized carbons (Fsp3) is 0.222. The van der Waals surface area contributed by atoms with Gasteiger partial charge < -0.3 is 15.8 Å². The van der Waals surface area contributed by atoms with Gasteiger partial charge in [-0.1, -0.05) is 19.1 Å². The molecule has 1 amide bonds. The number of nitrogens with two attached hydrogens (primary N) is 1. The standard InChI is InChI=1S/C18H21N3O2/c1-3-12-23-15-7-4-14(5-8-15)6-11-18(22)21-16-9-10-17(19)20-13(16)2/h4-11H,3,12H2,1-2H3,(H2,19,20)(H,21,22)/b11-6+. The summed E-state index contributed by atoms with van der Waals surface area (Å²) < 4.78 is 5.52. The highest BCUT2D eigenvalue weighted by Gasteiger charge is 2.03. The lowest BCUT2D eigenvalue weighted by Gasteiger charge is -2.06. The van der Waals surface area contributed by atoms with Crippen LogP contribution in [0.5, 0.6) is 5.75 Å². The number of carbonyl (C=O) groups is 1. The van der Waals surface area contributed by atoms with Crippen LogP contribution in [0.15, 0.2) is 42.5 Å². The SMILES string of the molecule is CCCOc1ccc(/C=C/C(=O)Nc2ccc(N)nc2C)cc1. The summed E-state index contributed by atoms with van der Waals surface area (Å²) >= 11 is 0. The van der Waals surface area contributed by atoms with Crippen molar-refractivity contribution in [1.29, 1.82) is 0 Å². The Balaban J connectivity index is 1.95. The van der Waals surface area contributed by atoms with E-state index in [-0.39, 0.29) is 5.91 Å². The summed E-state index contributed by atoms with van der Waals surface area (Å²) in [6.07, 6.45) is 4.21. The lowest BCUT2D eigenvalue weighted by molar-refractivity contribution is -0.111. The van der Waals surface area contributed by atoms with Crippen LogP contribution < -0.4 is 15.8 Å². The molecule has 0 fully saturated rings. The molecule has 0 atom stereocenters. The molecule has 1 aromatic carbocycles. The average molecular weight is 311 g/mol. The van der Waals surface area contributed by atoms with Gasteiger partial charge in [-0.25, -0.2) is 4.98 Å². The molecule has 0 aliphatic heterocycles. The van der Waals surface area contributed by atoms with Crippen molar-refractivity contribution in [2.75, 3.05) is 17.7 Å². The molecule has 120 valence electrons. The third kappa shape index (κ3) is 5.14. The number of aryl methyl sites for hydroxylation is 1. The summed E-state index contributed by atoms with van der Waals surface area (Å²) in [4.78, 5) is 16.1. The minimum absolute atomic E-state index is 0.217. The Kier molecular flexibility index (Phi) is 5.74. The van der Waals surface area contributed by atoms with Crippen LogP contribution in [0.2, 0.25) is 0 Å². The monoisotopic (exact) mass is 311 g/mol. The van der Waals surface area contributed by atoms with Gasteiger partial charge in [0.15, 0.2) is 0 Å². The van der Waals surface area contributed by atoms with Gasteiger partial charge >= 0.3 is 0 Å². The van der Waals surface area contributed by atoms with Crippen molar-refractivity contribution in [2.24, 2.45) is 0 Å². The predicted molar refractivity (Wildman–Crippen MR) is 93.3 cm³/mol. The van der Waals surface area contributed by atoms with Crippen molar-refractivity contribution < 1.29 is 9.53 Å². The van der Waals surface area contributed by atoms with E-state index in [2.05, 4.69) is 17.2 Å². The summed E-state index contributed by atoms with van der Waals surface area (Å²) in [7, 11) is 0. The Morgan fingerprint density at radius 1 is 1.26 bits per heavy atom. The van der Waals surface area contributed by atoms with Crippen LogP contribution in [-0.4, -0.2) is 17.5 Å². The lowest BCUT2D eigenvalue weighted by Crippen LogP contribution is -2.10. The zero-order chi connectivity index (χ0) is 16.7. The van der Waals surface area contributed by atoms with E-state index in [0.717, 1.165) is 17.7 Å². The molecule has 0 spiro atoms. The van der Waals surface area contributed by atoms with Crippen LogP contribution in [0.3, 0.4) is 0 Å². The Hall–Kier alpha value is -2.82. The first-order valence-electron chi connectivity index (χ1n) is 7.53. The van der Waals surface area contributed by atoms with E-state index in [0.29, 0.717) is 23.8 Å². The molecule has 0 saturated heterocycles. The predicted octanol–water partition coefficient (Wildman–Crippen LogP) is 3.41. The summed E-state index contributed by atoms with van der Waals surface area (Å²) in [5, 5.41) is 2.78. The molecule has 0 radical (unpaired) electrons. The second-order valence-corrected chi connectivity index (χ2v) is 5.11. The topological polar surface area (TPSA) is 77.2 Å². The maximum Gasteiger partial charge on any atom is 0.248 e. The molecule has 2 aromatic rings. The van der Waals surface area contributed by atoms with Gasteiger partial charge in [0.05, 0.1) is 18.0 Å². The quantitative estimate of drug-likeness (QED) is 0.801. The van der Waals surface area contributed by atoms with E-state index in [1.54, 1.807) is 25.1 Å². The van der Waals surface area contributed by atoms with Crippen LogP contribution in [0.25, 0.3) is 6.08 Å². The number of nitrogens with zero attached hydrogens (tertiary/aromatic N) is 1. The Morgan fingerprint density at radius 2 is 2.00 bits per heavy atom. The number of pyridine rings is 1. The molecule has 1 aromatic heterocycles.